The first-order valence-corrected chi connectivity index (χ1v) is 14.5. The average molecular weight is 548 g/mol. The number of alkyl halides is 2. The Labute approximate surface area is 227 Å². The highest BCUT2D eigenvalue weighted by Crippen LogP contribution is 2.49. The fraction of sp³-hybridized carbons (Fsp3) is 0.536. The fourth-order valence-electron chi connectivity index (χ4n) is 4.14. The molecule has 0 spiro atoms. The van der Waals surface area contributed by atoms with Crippen LogP contribution in [0, 0.1) is 12.8 Å². The normalized spacial score (nSPS) is 16.5. The van der Waals surface area contributed by atoms with Crippen LogP contribution in [0.15, 0.2) is 29.2 Å². The van der Waals surface area contributed by atoms with Crippen molar-refractivity contribution in [3.05, 3.63) is 35.7 Å². The van der Waals surface area contributed by atoms with Crippen LogP contribution in [0.5, 0.6) is 0 Å². The number of aromatic amines is 1. The van der Waals surface area contributed by atoms with E-state index in [9.17, 15) is 13.6 Å². The number of unbranched alkanes of at least 4 members (excludes halogenated alkanes) is 2. The van der Waals surface area contributed by atoms with Crippen LogP contribution in [-0.4, -0.2) is 39.6 Å². The molecule has 0 radical (unpaired) electrons. The van der Waals surface area contributed by atoms with E-state index in [0.29, 0.717) is 29.3 Å². The number of pyridine rings is 1. The van der Waals surface area contributed by atoms with Crippen molar-refractivity contribution in [2.45, 2.75) is 83.6 Å². The number of nitrogens with zero attached hydrogens (tertiary/aromatic N) is 2. The Morgan fingerprint density at radius 3 is 2.45 bits per heavy atom. The van der Waals surface area contributed by atoms with Gasteiger partial charge in [0.2, 0.25) is 5.91 Å². The van der Waals surface area contributed by atoms with Gasteiger partial charge in [-0.1, -0.05) is 46.1 Å². The van der Waals surface area contributed by atoms with E-state index in [1.807, 2.05) is 25.3 Å². The summed E-state index contributed by atoms with van der Waals surface area (Å²) in [6.45, 7) is 10.9. The van der Waals surface area contributed by atoms with Gasteiger partial charge in [-0.25, -0.2) is 18.7 Å². The summed E-state index contributed by atoms with van der Waals surface area (Å²) in [5.74, 6) is -4.15. The van der Waals surface area contributed by atoms with Gasteiger partial charge < -0.3 is 20.4 Å². The maximum Gasteiger partial charge on any atom is 0.260 e. The summed E-state index contributed by atoms with van der Waals surface area (Å²) >= 11 is 1.60. The van der Waals surface area contributed by atoms with Crippen molar-refractivity contribution in [3.8, 4) is 0 Å². The molecule has 1 amide bonds. The zero-order valence-corrected chi connectivity index (χ0v) is 23.9. The minimum absolute atomic E-state index is 0.0280. The number of benzene rings is 1. The summed E-state index contributed by atoms with van der Waals surface area (Å²) in [6, 6.07) is 7.75. The topological polar surface area (TPSA) is 91.9 Å². The number of fused-ring (bicyclic) bond motifs is 1. The monoisotopic (exact) mass is 547 g/mol. The first-order valence-electron chi connectivity index (χ1n) is 13.3. The van der Waals surface area contributed by atoms with E-state index in [-0.39, 0.29) is 11.9 Å². The Morgan fingerprint density at radius 2 is 1.89 bits per heavy atom. The van der Waals surface area contributed by atoms with E-state index in [1.165, 1.54) is 19.3 Å². The van der Waals surface area contributed by atoms with Gasteiger partial charge >= 0.3 is 0 Å². The molecule has 1 aromatic carbocycles. The summed E-state index contributed by atoms with van der Waals surface area (Å²) < 4.78 is 32.4. The second kappa shape index (κ2) is 13.4. The molecule has 38 heavy (non-hydrogen) atoms. The third-order valence-electron chi connectivity index (χ3n) is 6.29. The van der Waals surface area contributed by atoms with Gasteiger partial charge in [0, 0.05) is 24.0 Å². The van der Waals surface area contributed by atoms with Gasteiger partial charge in [0.25, 0.3) is 5.92 Å². The maximum absolute atomic E-state index is 13.3. The van der Waals surface area contributed by atoms with Crippen molar-refractivity contribution >= 4 is 46.0 Å². The molecule has 1 aliphatic rings. The Kier molecular flexibility index (Phi) is 10.5. The molecule has 1 saturated carbocycles. The standard InChI is InChI=1S/C23H27F2N5O2S.C5H12/c1-5-17(32-6-2)13-7-8-15(18(9-13)33-4)28-16-10-19(29-21-20(16)26-12(3)27-21)30-22(31)14-11-23(14,24)25;1-3-5-4-2/h7-10,14,17H,5-6,11H2,1-4H3,(H3,26,27,28,29,30,31);3-5H2,1-2H3. The largest absolute Gasteiger partial charge is 0.374 e. The van der Waals surface area contributed by atoms with Crippen LogP contribution in [0.4, 0.5) is 26.0 Å². The number of nitrogens with one attached hydrogen (secondary N) is 3. The molecule has 0 bridgehead atoms. The van der Waals surface area contributed by atoms with Gasteiger partial charge in [0.15, 0.2) is 5.65 Å². The Balaban J connectivity index is 0.000000732. The molecular weight excluding hydrogens is 508 g/mol. The summed E-state index contributed by atoms with van der Waals surface area (Å²) in [7, 11) is 0. The zero-order chi connectivity index (χ0) is 27.9. The molecule has 3 N–H and O–H groups in total. The molecule has 3 aromatic rings. The van der Waals surface area contributed by atoms with E-state index in [4.69, 9.17) is 4.74 Å². The van der Waals surface area contributed by atoms with E-state index >= 15 is 0 Å². The SMILES string of the molecule is CCCCC.CCOC(CC)c1ccc(Nc2cc(NC(=O)C3CC3(F)F)nc3nc(C)[nH]c23)c(SC)c1. The average Bonchev–Trinajstić information content (AvgIpc) is 3.36. The molecule has 2 heterocycles. The number of halogens is 2. The van der Waals surface area contributed by atoms with Crippen molar-refractivity contribution in [1.82, 2.24) is 15.0 Å². The number of hydrogen-bond acceptors (Lipinski definition) is 6. The van der Waals surface area contributed by atoms with E-state index in [0.717, 1.165) is 22.6 Å². The Bertz CT molecular complexity index is 1230. The van der Waals surface area contributed by atoms with Crippen molar-refractivity contribution in [3.63, 3.8) is 0 Å². The van der Waals surface area contributed by atoms with Crippen molar-refractivity contribution in [1.29, 1.82) is 0 Å². The van der Waals surface area contributed by atoms with Crippen LogP contribution in [-0.2, 0) is 9.53 Å². The number of carbonyl (C=O) groups is 1. The number of anilines is 3. The molecule has 4 rings (SSSR count). The summed E-state index contributed by atoms with van der Waals surface area (Å²) in [4.78, 5) is 25.1. The lowest BCUT2D eigenvalue weighted by atomic mass is 10.1. The molecule has 1 fully saturated rings. The first kappa shape index (κ1) is 29.8. The Morgan fingerprint density at radius 1 is 1.18 bits per heavy atom. The predicted molar refractivity (Wildman–Crippen MR) is 152 cm³/mol. The molecular formula is C28H39F2N5O2S. The van der Waals surface area contributed by atoms with Gasteiger partial charge in [-0.05, 0) is 44.2 Å². The van der Waals surface area contributed by atoms with Crippen LogP contribution in [0.3, 0.4) is 0 Å². The Hall–Kier alpha value is -2.72. The van der Waals surface area contributed by atoms with Crippen molar-refractivity contribution < 1.29 is 18.3 Å². The molecule has 1 aliphatic carbocycles. The molecule has 208 valence electrons. The minimum atomic E-state index is -2.94. The molecule has 7 nitrogen and oxygen atoms in total. The second-order valence-corrected chi connectivity index (χ2v) is 10.2. The van der Waals surface area contributed by atoms with Gasteiger partial charge in [-0.2, -0.15) is 0 Å². The van der Waals surface area contributed by atoms with Crippen molar-refractivity contribution in [2.75, 3.05) is 23.5 Å². The number of carbonyl (C=O) groups excluding carboxylic acids is 1. The van der Waals surface area contributed by atoms with E-state index < -0.39 is 24.2 Å². The third kappa shape index (κ3) is 7.44. The predicted octanol–water partition coefficient (Wildman–Crippen LogP) is 8.01. The quantitative estimate of drug-likeness (QED) is 0.211. The number of aromatic nitrogens is 3. The molecule has 0 aliphatic heterocycles. The highest BCUT2D eigenvalue weighted by Gasteiger charge is 2.61. The number of rotatable bonds is 11. The molecule has 2 unspecified atom stereocenters. The molecule has 10 heteroatoms. The fourth-order valence-corrected chi connectivity index (χ4v) is 4.73. The van der Waals surface area contributed by atoms with Crippen LogP contribution in [0.25, 0.3) is 11.2 Å². The van der Waals surface area contributed by atoms with E-state index in [2.05, 4.69) is 52.4 Å². The van der Waals surface area contributed by atoms with Crippen LogP contribution in [0.1, 0.15) is 77.3 Å². The third-order valence-corrected chi connectivity index (χ3v) is 7.06. The van der Waals surface area contributed by atoms with Gasteiger partial charge in [0.05, 0.1) is 17.5 Å². The highest BCUT2D eigenvalue weighted by molar-refractivity contribution is 7.98. The van der Waals surface area contributed by atoms with Crippen LogP contribution in [0.2, 0.25) is 0 Å². The number of amides is 1. The number of H-pyrrole nitrogens is 1. The lowest BCUT2D eigenvalue weighted by Gasteiger charge is -2.18. The van der Waals surface area contributed by atoms with Crippen LogP contribution < -0.4 is 10.6 Å². The number of imidazole rings is 1. The molecule has 2 atom stereocenters. The molecule has 2 aromatic heterocycles. The number of aryl methyl sites for hydroxylation is 1. The lowest BCUT2D eigenvalue weighted by Crippen LogP contribution is -2.18. The van der Waals surface area contributed by atoms with Gasteiger partial charge in [-0.3, -0.25) is 4.79 Å². The number of hydrogen-bond donors (Lipinski definition) is 3. The molecule has 0 saturated heterocycles. The van der Waals surface area contributed by atoms with Gasteiger partial charge in [0.1, 0.15) is 23.1 Å². The van der Waals surface area contributed by atoms with Crippen LogP contribution >= 0.6 is 11.8 Å². The first-order chi connectivity index (χ1) is 18.2. The summed E-state index contributed by atoms with van der Waals surface area (Å²) in [5.41, 5.74) is 3.66. The smallest absolute Gasteiger partial charge is 0.260 e. The number of ether oxygens (including phenoxy) is 1. The number of thioether (sulfide) groups is 1. The summed E-state index contributed by atoms with van der Waals surface area (Å²) in [6.07, 6.45) is 6.54. The summed E-state index contributed by atoms with van der Waals surface area (Å²) in [5, 5.41) is 5.91. The second-order valence-electron chi connectivity index (χ2n) is 9.37. The van der Waals surface area contributed by atoms with Gasteiger partial charge in [-0.15, -0.1) is 11.8 Å². The highest BCUT2D eigenvalue weighted by atomic mass is 32.2. The van der Waals surface area contributed by atoms with Crippen molar-refractivity contribution in [2.24, 2.45) is 5.92 Å². The maximum atomic E-state index is 13.3. The lowest BCUT2D eigenvalue weighted by molar-refractivity contribution is -0.119. The zero-order valence-electron chi connectivity index (χ0n) is 23.1. The van der Waals surface area contributed by atoms with E-state index in [1.54, 1.807) is 24.8 Å². The minimum Gasteiger partial charge on any atom is -0.374 e.